The molecule has 1 aliphatic heterocycles. The van der Waals surface area contributed by atoms with Crippen molar-refractivity contribution >= 4 is 5.91 Å². The van der Waals surface area contributed by atoms with Crippen LogP contribution in [0.5, 0.6) is 0 Å². The van der Waals surface area contributed by atoms with Gasteiger partial charge in [-0.15, -0.1) is 0 Å². The Labute approximate surface area is 99.4 Å². The van der Waals surface area contributed by atoms with Crippen LogP contribution in [0.1, 0.15) is 47.0 Å². The van der Waals surface area contributed by atoms with E-state index in [2.05, 4.69) is 38.3 Å². The minimum absolute atomic E-state index is 0.186. The van der Waals surface area contributed by atoms with Gasteiger partial charge in [0.15, 0.2) is 0 Å². The van der Waals surface area contributed by atoms with Gasteiger partial charge in [0.1, 0.15) is 0 Å². The molecule has 1 amide bonds. The molecule has 0 aromatic heterocycles. The van der Waals surface area contributed by atoms with Crippen LogP contribution in [-0.4, -0.2) is 24.5 Å². The third-order valence-corrected chi connectivity index (χ3v) is 2.96. The lowest BCUT2D eigenvalue weighted by Gasteiger charge is -2.25. The van der Waals surface area contributed by atoms with Gasteiger partial charge in [0, 0.05) is 25.0 Å². The van der Waals surface area contributed by atoms with E-state index in [9.17, 15) is 4.79 Å². The molecule has 0 aromatic carbocycles. The SMILES string of the molecule is CC(C)CC(CC(C)C)NC1CNC(=O)C1. The fourth-order valence-electron chi connectivity index (χ4n) is 2.43. The highest BCUT2D eigenvalue weighted by molar-refractivity contribution is 5.78. The third kappa shape index (κ3) is 4.97. The molecule has 1 unspecified atom stereocenters. The van der Waals surface area contributed by atoms with E-state index in [-0.39, 0.29) is 5.91 Å². The summed E-state index contributed by atoms with van der Waals surface area (Å²) in [6.45, 7) is 9.83. The van der Waals surface area contributed by atoms with Crippen molar-refractivity contribution in [1.29, 1.82) is 0 Å². The Bertz CT molecular complexity index is 216. The molecule has 1 saturated heterocycles. The molecule has 1 fully saturated rings. The highest BCUT2D eigenvalue weighted by Gasteiger charge is 2.24. The Morgan fingerprint density at radius 3 is 2.19 bits per heavy atom. The lowest BCUT2D eigenvalue weighted by atomic mass is 9.95. The van der Waals surface area contributed by atoms with E-state index in [1.165, 1.54) is 12.8 Å². The maximum atomic E-state index is 11.1. The van der Waals surface area contributed by atoms with Gasteiger partial charge in [-0.2, -0.15) is 0 Å². The number of nitrogens with one attached hydrogen (secondary N) is 2. The molecule has 0 aliphatic carbocycles. The van der Waals surface area contributed by atoms with Crippen molar-refractivity contribution in [2.75, 3.05) is 6.54 Å². The molecular weight excluding hydrogens is 200 g/mol. The highest BCUT2D eigenvalue weighted by atomic mass is 16.1. The molecular formula is C13H26N2O. The van der Waals surface area contributed by atoms with Gasteiger partial charge in [-0.05, 0) is 24.7 Å². The monoisotopic (exact) mass is 226 g/mol. The van der Waals surface area contributed by atoms with E-state index >= 15 is 0 Å². The molecule has 1 atom stereocenters. The predicted octanol–water partition coefficient (Wildman–Crippen LogP) is 1.93. The molecule has 0 radical (unpaired) electrons. The number of hydrogen-bond acceptors (Lipinski definition) is 2. The largest absolute Gasteiger partial charge is 0.354 e. The van der Waals surface area contributed by atoms with Gasteiger partial charge in [0.2, 0.25) is 5.91 Å². The average Bonchev–Trinajstić information content (AvgIpc) is 2.48. The van der Waals surface area contributed by atoms with Crippen LogP contribution < -0.4 is 10.6 Å². The summed E-state index contributed by atoms with van der Waals surface area (Å²) in [6.07, 6.45) is 3.04. The molecule has 0 aromatic rings. The minimum Gasteiger partial charge on any atom is -0.354 e. The van der Waals surface area contributed by atoms with Crippen molar-refractivity contribution in [2.24, 2.45) is 11.8 Å². The van der Waals surface area contributed by atoms with Gasteiger partial charge < -0.3 is 10.6 Å². The number of carbonyl (C=O) groups is 1. The van der Waals surface area contributed by atoms with Gasteiger partial charge in [0.25, 0.3) is 0 Å². The van der Waals surface area contributed by atoms with Gasteiger partial charge in [0.05, 0.1) is 0 Å². The fraction of sp³-hybridized carbons (Fsp3) is 0.923. The van der Waals surface area contributed by atoms with Crippen molar-refractivity contribution in [3.05, 3.63) is 0 Å². The van der Waals surface area contributed by atoms with Crippen LogP contribution in [0.3, 0.4) is 0 Å². The molecule has 0 bridgehead atoms. The second-order valence-corrected chi connectivity index (χ2v) is 5.83. The zero-order valence-corrected chi connectivity index (χ0v) is 11.0. The number of hydrogen-bond donors (Lipinski definition) is 2. The zero-order chi connectivity index (χ0) is 12.1. The lowest BCUT2D eigenvalue weighted by molar-refractivity contribution is -0.119. The Morgan fingerprint density at radius 1 is 1.25 bits per heavy atom. The average molecular weight is 226 g/mol. The van der Waals surface area contributed by atoms with Crippen LogP contribution in [0.2, 0.25) is 0 Å². The van der Waals surface area contributed by atoms with Crippen LogP contribution >= 0.6 is 0 Å². The molecule has 2 N–H and O–H groups in total. The molecule has 0 spiro atoms. The Morgan fingerprint density at radius 2 is 1.81 bits per heavy atom. The highest BCUT2D eigenvalue weighted by Crippen LogP contribution is 2.15. The van der Waals surface area contributed by atoms with Crippen LogP contribution in [0, 0.1) is 11.8 Å². The first-order chi connectivity index (χ1) is 7.47. The maximum absolute atomic E-state index is 11.1. The second kappa shape index (κ2) is 6.24. The standard InChI is InChI=1S/C13H26N2O/c1-9(2)5-11(6-10(3)4)15-12-7-13(16)14-8-12/h9-12,15H,5-8H2,1-4H3,(H,14,16). The first kappa shape index (κ1) is 13.5. The van der Waals surface area contributed by atoms with Crippen molar-refractivity contribution in [1.82, 2.24) is 10.6 Å². The van der Waals surface area contributed by atoms with Crippen LogP contribution in [0.25, 0.3) is 0 Å². The Kier molecular flexibility index (Phi) is 5.26. The number of carbonyl (C=O) groups excluding carboxylic acids is 1. The first-order valence-corrected chi connectivity index (χ1v) is 6.50. The normalized spacial score (nSPS) is 21.2. The fourth-order valence-corrected chi connectivity index (χ4v) is 2.43. The second-order valence-electron chi connectivity index (χ2n) is 5.83. The summed E-state index contributed by atoms with van der Waals surface area (Å²) in [5.41, 5.74) is 0. The van der Waals surface area contributed by atoms with Gasteiger partial charge >= 0.3 is 0 Å². The molecule has 16 heavy (non-hydrogen) atoms. The summed E-state index contributed by atoms with van der Waals surface area (Å²) in [6, 6.07) is 0.896. The summed E-state index contributed by atoms with van der Waals surface area (Å²) in [7, 11) is 0. The quantitative estimate of drug-likeness (QED) is 0.726. The molecule has 94 valence electrons. The molecule has 1 heterocycles. The van der Waals surface area contributed by atoms with Crippen LogP contribution in [0.15, 0.2) is 0 Å². The molecule has 1 rings (SSSR count). The maximum Gasteiger partial charge on any atom is 0.221 e. The van der Waals surface area contributed by atoms with E-state index in [4.69, 9.17) is 0 Å². The van der Waals surface area contributed by atoms with Crippen molar-refractivity contribution in [3.8, 4) is 0 Å². The summed E-state index contributed by atoms with van der Waals surface area (Å²) < 4.78 is 0. The zero-order valence-electron chi connectivity index (χ0n) is 11.0. The first-order valence-electron chi connectivity index (χ1n) is 6.50. The van der Waals surface area contributed by atoms with Crippen LogP contribution in [-0.2, 0) is 4.79 Å². The van der Waals surface area contributed by atoms with E-state index in [1.54, 1.807) is 0 Å². The molecule has 1 aliphatic rings. The summed E-state index contributed by atoms with van der Waals surface area (Å²) in [4.78, 5) is 11.1. The minimum atomic E-state index is 0.186. The Hall–Kier alpha value is -0.570. The molecule has 3 heteroatoms. The number of amides is 1. The van der Waals surface area contributed by atoms with Gasteiger partial charge in [-0.3, -0.25) is 4.79 Å². The topological polar surface area (TPSA) is 41.1 Å². The van der Waals surface area contributed by atoms with E-state index in [1.807, 2.05) is 0 Å². The van der Waals surface area contributed by atoms with Crippen LogP contribution in [0.4, 0.5) is 0 Å². The summed E-state index contributed by atoms with van der Waals surface area (Å²) >= 11 is 0. The smallest absolute Gasteiger partial charge is 0.221 e. The van der Waals surface area contributed by atoms with Gasteiger partial charge in [-0.25, -0.2) is 0 Å². The third-order valence-electron chi connectivity index (χ3n) is 2.96. The summed E-state index contributed by atoms with van der Waals surface area (Å²) in [5, 5.41) is 6.51. The number of rotatable bonds is 6. The van der Waals surface area contributed by atoms with Crippen molar-refractivity contribution in [2.45, 2.75) is 59.0 Å². The van der Waals surface area contributed by atoms with Gasteiger partial charge in [-0.1, -0.05) is 27.7 Å². The van der Waals surface area contributed by atoms with Crippen molar-refractivity contribution < 1.29 is 4.79 Å². The molecule has 3 nitrogen and oxygen atoms in total. The van der Waals surface area contributed by atoms with Crippen molar-refractivity contribution in [3.63, 3.8) is 0 Å². The predicted molar refractivity (Wildman–Crippen MR) is 67.2 cm³/mol. The summed E-state index contributed by atoms with van der Waals surface area (Å²) in [5.74, 6) is 1.60. The Balaban J connectivity index is 2.39. The lowest BCUT2D eigenvalue weighted by Crippen LogP contribution is -2.41. The van der Waals surface area contributed by atoms with E-state index < -0.39 is 0 Å². The van der Waals surface area contributed by atoms with E-state index in [0.29, 0.717) is 30.3 Å². The molecule has 0 saturated carbocycles. The van der Waals surface area contributed by atoms with E-state index in [0.717, 1.165) is 6.54 Å².